The summed E-state index contributed by atoms with van der Waals surface area (Å²) in [7, 11) is 0. The molecule has 0 bridgehead atoms. The minimum absolute atomic E-state index is 0.0909. The zero-order valence-corrected chi connectivity index (χ0v) is 15.7. The van der Waals surface area contributed by atoms with E-state index in [-0.39, 0.29) is 11.5 Å². The molecule has 0 unspecified atom stereocenters. The molecular weight excluding hydrogens is 397 g/mol. The third-order valence-electron chi connectivity index (χ3n) is 4.10. The van der Waals surface area contributed by atoms with E-state index in [9.17, 15) is 9.18 Å². The monoisotopic (exact) mass is 409 g/mol. The molecule has 1 N–H and O–H groups in total. The number of carbonyl (C=O) groups excluding carboxylic acids is 1. The Morgan fingerprint density at radius 3 is 2.93 bits per heavy atom. The summed E-state index contributed by atoms with van der Waals surface area (Å²) >= 11 is 1.27. The Morgan fingerprint density at radius 2 is 2.10 bits per heavy atom. The highest BCUT2D eigenvalue weighted by atomic mass is 32.1. The highest BCUT2D eigenvalue weighted by Gasteiger charge is 2.19. The molecule has 0 saturated carbocycles. The maximum absolute atomic E-state index is 13.5. The molecule has 5 rings (SSSR count). The molecule has 0 saturated heterocycles. The van der Waals surface area contributed by atoms with E-state index in [1.165, 1.54) is 40.5 Å². The molecule has 8 nitrogen and oxygen atoms in total. The first-order chi connectivity index (χ1) is 14.1. The van der Waals surface area contributed by atoms with Crippen molar-refractivity contribution in [2.75, 3.05) is 5.32 Å². The molecule has 0 aliphatic rings. The van der Waals surface area contributed by atoms with Crippen LogP contribution < -0.4 is 5.32 Å². The van der Waals surface area contributed by atoms with Gasteiger partial charge in [-0.1, -0.05) is 16.5 Å². The summed E-state index contributed by atoms with van der Waals surface area (Å²) in [5.74, 6) is 0.419. The number of nitrogens with zero attached hydrogens (tertiary/aromatic N) is 4. The highest BCUT2D eigenvalue weighted by molar-refractivity contribution is 7.20. The topological polar surface area (TPSA) is 99.0 Å². The molecule has 0 radical (unpaired) electrons. The van der Waals surface area contributed by atoms with Gasteiger partial charge in [-0.05, 0) is 37.3 Å². The van der Waals surface area contributed by atoms with Gasteiger partial charge in [-0.3, -0.25) is 4.79 Å². The lowest BCUT2D eigenvalue weighted by Gasteiger charge is -2.04. The van der Waals surface area contributed by atoms with E-state index < -0.39 is 5.91 Å². The van der Waals surface area contributed by atoms with E-state index in [1.54, 1.807) is 31.2 Å². The molecule has 0 aliphatic heterocycles. The number of hydrogen-bond acceptors (Lipinski definition) is 7. The zero-order chi connectivity index (χ0) is 20.0. The van der Waals surface area contributed by atoms with Crippen molar-refractivity contribution >= 4 is 33.3 Å². The van der Waals surface area contributed by atoms with Gasteiger partial charge < -0.3 is 14.3 Å². The van der Waals surface area contributed by atoms with Crippen LogP contribution in [0.4, 0.5) is 10.2 Å². The minimum Gasteiger partial charge on any atom is -0.461 e. The first kappa shape index (κ1) is 17.3. The second kappa shape index (κ2) is 6.67. The van der Waals surface area contributed by atoms with Crippen molar-refractivity contribution in [3.05, 3.63) is 65.9 Å². The number of thiazole rings is 1. The van der Waals surface area contributed by atoms with E-state index in [0.717, 1.165) is 0 Å². The molecule has 4 aromatic heterocycles. The van der Waals surface area contributed by atoms with Crippen LogP contribution in [0, 0.1) is 12.7 Å². The first-order valence-corrected chi connectivity index (χ1v) is 9.33. The van der Waals surface area contributed by atoms with Crippen LogP contribution in [0.5, 0.6) is 0 Å². The van der Waals surface area contributed by atoms with Crippen LogP contribution in [0.1, 0.15) is 16.2 Å². The van der Waals surface area contributed by atoms with Gasteiger partial charge in [-0.15, -0.1) is 0 Å². The number of furan rings is 1. The van der Waals surface area contributed by atoms with E-state index in [2.05, 4.69) is 20.6 Å². The van der Waals surface area contributed by atoms with E-state index in [4.69, 9.17) is 8.94 Å². The molecule has 0 fully saturated rings. The Kier molecular flexibility index (Phi) is 3.98. The van der Waals surface area contributed by atoms with Gasteiger partial charge in [0.15, 0.2) is 11.5 Å². The van der Waals surface area contributed by atoms with Crippen LogP contribution >= 0.6 is 11.3 Å². The van der Waals surface area contributed by atoms with Crippen molar-refractivity contribution < 1.29 is 18.1 Å². The van der Waals surface area contributed by atoms with Crippen molar-refractivity contribution in [1.82, 2.24) is 19.9 Å². The summed E-state index contributed by atoms with van der Waals surface area (Å²) in [5.41, 5.74) is 1.42. The minimum atomic E-state index is -0.472. The van der Waals surface area contributed by atoms with Gasteiger partial charge in [0.25, 0.3) is 5.91 Å². The number of amides is 1. The number of aromatic nitrogens is 4. The van der Waals surface area contributed by atoms with Gasteiger partial charge in [0.2, 0.25) is 10.9 Å². The van der Waals surface area contributed by atoms with Crippen molar-refractivity contribution in [2.45, 2.75) is 6.92 Å². The molecule has 0 spiro atoms. The molecule has 29 heavy (non-hydrogen) atoms. The number of rotatable bonds is 4. The van der Waals surface area contributed by atoms with Gasteiger partial charge in [0.05, 0.1) is 22.2 Å². The number of halogens is 1. The predicted molar refractivity (Wildman–Crippen MR) is 104 cm³/mol. The average molecular weight is 409 g/mol. The number of nitrogens with one attached hydrogen (secondary N) is 1. The molecule has 144 valence electrons. The van der Waals surface area contributed by atoms with E-state index >= 15 is 0 Å². The third-order valence-corrected chi connectivity index (χ3v) is 5.09. The summed E-state index contributed by atoms with van der Waals surface area (Å²) in [6, 6.07) is 11.0. The maximum Gasteiger partial charge on any atom is 0.279 e. The van der Waals surface area contributed by atoms with Gasteiger partial charge in [0, 0.05) is 12.1 Å². The molecule has 1 amide bonds. The molecule has 5 aromatic rings. The summed E-state index contributed by atoms with van der Waals surface area (Å²) in [4.78, 5) is 17.1. The summed E-state index contributed by atoms with van der Waals surface area (Å²) in [6.07, 6.45) is 1.50. The largest absolute Gasteiger partial charge is 0.461 e. The Labute approximate surface area is 166 Å². The second-order valence-corrected chi connectivity index (χ2v) is 7.21. The number of hydrogen-bond donors (Lipinski definition) is 1. The number of fused-ring (bicyclic) bond motifs is 1. The van der Waals surface area contributed by atoms with Gasteiger partial charge in [-0.25, -0.2) is 9.37 Å². The number of aryl methyl sites for hydroxylation is 1. The number of carbonyl (C=O) groups is 1. The van der Waals surface area contributed by atoms with Crippen LogP contribution in [-0.4, -0.2) is 25.8 Å². The van der Waals surface area contributed by atoms with E-state index in [0.29, 0.717) is 38.4 Å². The Balaban J connectivity index is 1.45. The van der Waals surface area contributed by atoms with Crippen LogP contribution in [-0.2, 0) is 0 Å². The molecule has 1 aromatic carbocycles. The highest BCUT2D eigenvalue weighted by Crippen LogP contribution is 2.28. The third kappa shape index (κ3) is 3.19. The normalized spacial score (nSPS) is 11.2. The fourth-order valence-corrected chi connectivity index (χ4v) is 3.76. The first-order valence-electron chi connectivity index (χ1n) is 8.52. The van der Waals surface area contributed by atoms with Gasteiger partial charge in [-0.2, -0.15) is 9.78 Å². The van der Waals surface area contributed by atoms with Crippen LogP contribution in [0.2, 0.25) is 0 Å². The van der Waals surface area contributed by atoms with Crippen molar-refractivity contribution in [1.29, 1.82) is 0 Å². The molecule has 10 heteroatoms. The quantitative estimate of drug-likeness (QED) is 0.471. The maximum atomic E-state index is 13.5. The number of anilines is 1. The molecule has 0 aliphatic carbocycles. The van der Waals surface area contributed by atoms with Crippen molar-refractivity contribution in [3.8, 4) is 16.7 Å². The zero-order valence-electron chi connectivity index (χ0n) is 14.9. The fourth-order valence-electron chi connectivity index (χ4n) is 2.81. The average Bonchev–Trinajstić information content (AvgIpc) is 3.47. The Hall–Kier alpha value is -3.79. The van der Waals surface area contributed by atoms with Crippen molar-refractivity contribution in [2.24, 2.45) is 0 Å². The van der Waals surface area contributed by atoms with E-state index in [1.807, 2.05) is 0 Å². The smallest absolute Gasteiger partial charge is 0.279 e. The molecule has 4 heterocycles. The van der Waals surface area contributed by atoms with Gasteiger partial charge >= 0.3 is 0 Å². The Morgan fingerprint density at radius 1 is 1.21 bits per heavy atom. The number of benzene rings is 1. The standard InChI is InChI=1S/C19H12FN5O3S/c1-10-7-17(22-18(26)13-9-15(28-24-13)14-3-2-6-27-14)25(23-10)19-21-12-5-4-11(20)8-16(12)29-19/h2-9H,1H3,(H,22,26). The lowest BCUT2D eigenvalue weighted by molar-refractivity contribution is 0.101. The summed E-state index contributed by atoms with van der Waals surface area (Å²) in [5, 5.41) is 11.4. The second-order valence-electron chi connectivity index (χ2n) is 6.20. The fraction of sp³-hybridized carbons (Fsp3) is 0.0526. The van der Waals surface area contributed by atoms with Crippen molar-refractivity contribution in [3.63, 3.8) is 0 Å². The lowest BCUT2D eigenvalue weighted by Crippen LogP contribution is -2.15. The SMILES string of the molecule is Cc1cc(NC(=O)c2cc(-c3ccco3)on2)n(-c2nc3ccc(F)cc3s2)n1. The molecule has 0 atom stereocenters. The molecular formula is C19H12FN5O3S. The van der Waals surface area contributed by atoms with Gasteiger partial charge in [0.1, 0.15) is 11.6 Å². The lowest BCUT2D eigenvalue weighted by atomic mass is 10.3. The summed E-state index contributed by atoms with van der Waals surface area (Å²) in [6.45, 7) is 1.80. The van der Waals surface area contributed by atoms with Crippen LogP contribution in [0.15, 0.2) is 57.7 Å². The van der Waals surface area contributed by atoms with Crippen LogP contribution in [0.3, 0.4) is 0 Å². The summed E-state index contributed by atoms with van der Waals surface area (Å²) < 4.78 is 26.1. The predicted octanol–water partition coefficient (Wildman–Crippen LogP) is 4.43. The Bertz CT molecular complexity index is 1340. The van der Waals surface area contributed by atoms with Crippen LogP contribution in [0.25, 0.3) is 26.9 Å².